The van der Waals surface area contributed by atoms with Gasteiger partial charge in [-0.05, 0) is 37.1 Å². The first kappa shape index (κ1) is 18.3. The number of nitrogens with one attached hydrogen (secondary N) is 1. The number of rotatable bonds is 5. The van der Waals surface area contributed by atoms with Gasteiger partial charge in [0.05, 0.1) is 0 Å². The van der Waals surface area contributed by atoms with E-state index >= 15 is 0 Å². The Morgan fingerprint density at radius 2 is 1.96 bits per heavy atom. The molecule has 0 spiro atoms. The van der Waals surface area contributed by atoms with Gasteiger partial charge in [-0.25, -0.2) is 13.1 Å². The Hall–Kier alpha value is -2.51. The molecular formula is C16H14F3N3O3S. The zero-order valence-electron chi connectivity index (χ0n) is 13.5. The van der Waals surface area contributed by atoms with Gasteiger partial charge in [0.25, 0.3) is 0 Å². The maximum atomic E-state index is 12.8. The van der Waals surface area contributed by atoms with Crippen LogP contribution in [0.25, 0.3) is 11.3 Å². The summed E-state index contributed by atoms with van der Waals surface area (Å²) in [6.45, 7) is 0. The van der Waals surface area contributed by atoms with Crippen LogP contribution >= 0.6 is 0 Å². The number of alkyl halides is 3. The van der Waals surface area contributed by atoms with Crippen LogP contribution in [0.15, 0.2) is 35.2 Å². The Kier molecular flexibility index (Phi) is 4.46. The van der Waals surface area contributed by atoms with Gasteiger partial charge in [-0.3, -0.25) is 0 Å². The van der Waals surface area contributed by atoms with E-state index in [0.29, 0.717) is 29.8 Å². The number of nitriles is 1. The predicted octanol–water partition coefficient (Wildman–Crippen LogP) is 2.90. The minimum atomic E-state index is -5.05. The number of sulfonamides is 1. The predicted molar refractivity (Wildman–Crippen MR) is 85.6 cm³/mol. The molecule has 1 saturated carbocycles. The lowest BCUT2D eigenvalue weighted by atomic mass is 10.1. The van der Waals surface area contributed by atoms with Crippen molar-refractivity contribution in [2.75, 3.05) is 0 Å². The molecule has 1 heterocycles. The van der Waals surface area contributed by atoms with Crippen LogP contribution < -0.4 is 9.46 Å². The second-order valence-electron chi connectivity index (χ2n) is 5.88. The van der Waals surface area contributed by atoms with Crippen molar-refractivity contribution in [2.45, 2.75) is 30.1 Å². The summed E-state index contributed by atoms with van der Waals surface area (Å²) < 4.78 is 70.8. The van der Waals surface area contributed by atoms with Gasteiger partial charge in [0.1, 0.15) is 22.4 Å². The molecule has 10 heteroatoms. The van der Waals surface area contributed by atoms with Crippen LogP contribution in [0, 0.1) is 11.3 Å². The topological polar surface area (TPSA) is 84.1 Å². The molecule has 0 saturated heterocycles. The van der Waals surface area contributed by atoms with Gasteiger partial charge >= 0.3 is 6.36 Å². The molecule has 1 aliphatic rings. The molecule has 0 radical (unpaired) electrons. The van der Waals surface area contributed by atoms with Gasteiger partial charge < -0.3 is 9.30 Å². The van der Waals surface area contributed by atoms with Crippen molar-refractivity contribution in [2.24, 2.45) is 7.05 Å². The summed E-state index contributed by atoms with van der Waals surface area (Å²) in [6, 6.07) is 8.21. The highest BCUT2D eigenvalue weighted by molar-refractivity contribution is 7.89. The van der Waals surface area contributed by atoms with Crippen molar-refractivity contribution in [1.82, 2.24) is 9.29 Å². The molecule has 0 atom stereocenters. The first-order valence-corrected chi connectivity index (χ1v) is 9.07. The molecule has 3 rings (SSSR count). The fraction of sp³-hybridized carbons (Fsp3) is 0.312. The quantitative estimate of drug-likeness (QED) is 0.858. The van der Waals surface area contributed by atoms with Gasteiger partial charge in [-0.1, -0.05) is 6.07 Å². The number of halogens is 3. The van der Waals surface area contributed by atoms with E-state index in [0.717, 1.165) is 12.1 Å². The molecule has 2 aromatic rings. The monoisotopic (exact) mass is 385 g/mol. The molecule has 1 fully saturated rings. The van der Waals surface area contributed by atoms with E-state index in [1.54, 1.807) is 13.1 Å². The fourth-order valence-corrected chi connectivity index (χ4v) is 3.91. The minimum Gasteiger partial charge on any atom is -0.404 e. The van der Waals surface area contributed by atoms with Gasteiger partial charge in [0, 0.05) is 24.3 Å². The Morgan fingerprint density at radius 3 is 2.50 bits per heavy atom. The third-order valence-electron chi connectivity index (χ3n) is 3.89. The second-order valence-corrected chi connectivity index (χ2v) is 7.56. The standard InChI is InChI=1S/C16H14F3N3O3S/c1-22-12(9-20)5-6-13(22)10-2-7-15(14(8-10)25-16(17,18)19)26(23,24)21-11-3-4-11/h2,5-8,11,21H,3-4H2,1H3. The molecule has 0 aliphatic heterocycles. The zero-order valence-corrected chi connectivity index (χ0v) is 14.4. The highest BCUT2D eigenvalue weighted by Crippen LogP contribution is 2.35. The number of nitrogens with zero attached hydrogens (tertiary/aromatic N) is 2. The lowest BCUT2D eigenvalue weighted by Gasteiger charge is -2.15. The minimum absolute atomic E-state index is 0.260. The van der Waals surface area contributed by atoms with Crippen LogP contribution in [0.2, 0.25) is 0 Å². The summed E-state index contributed by atoms with van der Waals surface area (Å²) in [4.78, 5) is -0.583. The van der Waals surface area contributed by atoms with Crippen LogP contribution in [0.4, 0.5) is 13.2 Å². The summed E-state index contributed by atoms with van der Waals surface area (Å²) in [5.41, 5.74) is 1.05. The molecule has 138 valence electrons. The van der Waals surface area contributed by atoms with Gasteiger partial charge in [0.15, 0.2) is 0 Å². The summed E-state index contributed by atoms with van der Waals surface area (Å²) in [6.07, 6.45) is -3.76. The highest BCUT2D eigenvalue weighted by atomic mass is 32.2. The zero-order chi connectivity index (χ0) is 19.1. The van der Waals surface area contributed by atoms with Crippen molar-refractivity contribution in [3.05, 3.63) is 36.0 Å². The van der Waals surface area contributed by atoms with Crippen molar-refractivity contribution in [3.8, 4) is 23.1 Å². The molecule has 26 heavy (non-hydrogen) atoms. The van der Waals surface area contributed by atoms with Crippen molar-refractivity contribution in [3.63, 3.8) is 0 Å². The number of aromatic nitrogens is 1. The van der Waals surface area contributed by atoms with Crippen LogP contribution in [0.3, 0.4) is 0 Å². The first-order valence-electron chi connectivity index (χ1n) is 7.59. The van der Waals surface area contributed by atoms with E-state index in [4.69, 9.17) is 5.26 Å². The van der Waals surface area contributed by atoms with Gasteiger partial charge in [-0.2, -0.15) is 5.26 Å². The molecule has 1 N–H and O–H groups in total. The van der Waals surface area contributed by atoms with Crippen LogP contribution in [0.1, 0.15) is 18.5 Å². The van der Waals surface area contributed by atoms with Gasteiger partial charge in [-0.15, -0.1) is 13.2 Å². The van der Waals surface area contributed by atoms with Crippen LogP contribution in [-0.2, 0) is 17.1 Å². The maximum absolute atomic E-state index is 12.8. The Morgan fingerprint density at radius 1 is 1.27 bits per heavy atom. The van der Waals surface area contributed by atoms with E-state index in [9.17, 15) is 21.6 Å². The molecule has 1 aliphatic carbocycles. The summed E-state index contributed by atoms with van der Waals surface area (Å²) >= 11 is 0. The van der Waals surface area contributed by atoms with E-state index < -0.39 is 27.0 Å². The molecular weight excluding hydrogens is 371 g/mol. The molecule has 1 aromatic heterocycles. The third kappa shape index (κ3) is 3.84. The Labute approximate surface area is 147 Å². The van der Waals surface area contributed by atoms with E-state index in [1.807, 2.05) is 6.07 Å². The summed E-state index contributed by atoms with van der Waals surface area (Å²) in [5, 5.41) is 8.99. The molecule has 0 amide bonds. The third-order valence-corrected chi connectivity index (χ3v) is 5.45. The summed E-state index contributed by atoms with van der Waals surface area (Å²) in [5.74, 6) is -0.817. The van der Waals surface area contributed by atoms with Crippen molar-refractivity contribution in [1.29, 1.82) is 5.26 Å². The molecule has 6 nitrogen and oxygen atoms in total. The van der Waals surface area contributed by atoms with E-state index in [-0.39, 0.29) is 6.04 Å². The SMILES string of the molecule is Cn1c(C#N)ccc1-c1ccc(S(=O)(=O)NC2CC2)c(OC(F)(F)F)c1. The number of hydrogen-bond donors (Lipinski definition) is 1. The van der Waals surface area contributed by atoms with E-state index in [2.05, 4.69) is 9.46 Å². The average Bonchev–Trinajstić information content (AvgIpc) is 3.24. The molecule has 0 bridgehead atoms. The summed E-state index contributed by atoms with van der Waals surface area (Å²) in [7, 11) is -2.56. The highest BCUT2D eigenvalue weighted by Gasteiger charge is 2.36. The molecule has 1 aromatic carbocycles. The number of ether oxygens (including phenoxy) is 1. The number of hydrogen-bond acceptors (Lipinski definition) is 4. The van der Waals surface area contributed by atoms with E-state index in [1.165, 1.54) is 16.7 Å². The van der Waals surface area contributed by atoms with Crippen molar-refractivity contribution < 1.29 is 26.3 Å². The Balaban J connectivity index is 2.08. The lowest BCUT2D eigenvalue weighted by molar-refractivity contribution is -0.275. The van der Waals surface area contributed by atoms with Crippen molar-refractivity contribution >= 4 is 10.0 Å². The lowest BCUT2D eigenvalue weighted by Crippen LogP contribution is -2.27. The van der Waals surface area contributed by atoms with Crippen LogP contribution in [0.5, 0.6) is 5.75 Å². The first-order chi connectivity index (χ1) is 12.1. The van der Waals surface area contributed by atoms with Crippen LogP contribution in [-0.4, -0.2) is 25.4 Å². The smallest absolute Gasteiger partial charge is 0.404 e. The maximum Gasteiger partial charge on any atom is 0.573 e. The van der Waals surface area contributed by atoms with Gasteiger partial charge in [0.2, 0.25) is 10.0 Å². The normalized spacial score (nSPS) is 14.9. The fourth-order valence-electron chi connectivity index (χ4n) is 2.49. The number of benzene rings is 1. The Bertz CT molecular complexity index is 986. The average molecular weight is 385 g/mol. The second kappa shape index (κ2) is 6.34. The largest absolute Gasteiger partial charge is 0.573 e. The molecule has 0 unspecified atom stereocenters.